The maximum atomic E-state index is 12.4. The molecule has 0 aliphatic carbocycles. The molecule has 8 heteroatoms. The predicted octanol–water partition coefficient (Wildman–Crippen LogP) is 5.08. The molecular weight excluding hydrogens is 438 g/mol. The van der Waals surface area contributed by atoms with Crippen molar-refractivity contribution in [1.29, 1.82) is 5.26 Å². The number of nitriles is 1. The first-order valence-corrected chi connectivity index (χ1v) is 11.8. The lowest BCUT2D eigenvalue weighted by molar-refractivity contribution is -0.121. The van der Waals surface area contributed by atoms with E-state index in [0.29, 0.717) is 21.3 Å². The van der Waals surface area contributed by atoms with Gasteiger partial charge in [-0.2, -0.15) is 5.26 Å². The fourth-order valence-electron chi connectivity index (χ4n) is 3.12. The summed E-state index contributed by atoms with van der Waals surface area (Å²) in [5.41, 5.74) is 2.82. The van der Waals surface area contributed by atoms with Gasteiger partial charge in [-0.25, -0.2) is 0 Å². The van der Waals surface area contributed by atoms with Gasteiger partial charge in [0, 0.05) is 27.9 Å². The lowest BCUT2D eigenvalue weighted by atomic mass is 9.87. The lowest BCUT2D eigenvalue weighted by Gasteiger charge is -2.25. The largest absolute Gasteiger partial charge is 0.325 e. The molecule has 0 saturated carbocycles. The lowest BCUT2D eigenvalue weighted by Crippen LogP contribution is -2.31. The van der Waals surface area contributed by atoms with Crippen LogP contribution in [0.1, 0.15) is 23.5 Å². The maximum Gasteiger partial charge on any atom is 0.234 e. The van der Waals surface area contributed by atoms with E-state index in [2.05, 4.69) is 16.7 Å². The van der Waals surface area contributed by atoms with Crippen molar-refractivity contribution in [1.82, 2.24) is 5.32 Å². The van der Waals surface area contributed by atoms with E-state index < -0.39 is 0 Å². The minimum absolute atomic E-state index is 0.0604. The topological polar surface area (TPSA) is 82.0 Å². The molecule has 1 aliphatic rings. The summed E-state index contributed by atoms with van der Waals surface area (Å²) in [6, 6.07) is 15.4. The molecule has 30 heavy (non-hydrogen) atoms. The Bertz CT molecular complexity index is 1050. The first-order chi connectivity index (χ1) is 14.4. The van der Waals surface area contributed by atoms with Gasteiger partial charge in [-0.3, -0.25) is 9.59 Å². The van der Waals surface area contributed by atoms with E-state index in [1.54, 1.807) is 30.0 Å². The third-order valence-electron chi connectivity index (χ3n) is 4.76. The van der Waals surface area contributed by atoms with Crippen LogP contribution in [-0.2, 0) is 9.59 Å². The third kappa shape index (κ3) is 5.20. The summed E-state index contributed by atoms with van der Waals surface area (Å²) in [5.74, 6) is -0.664. The minimum Gasteiger partial charge on any atom is -0.325 e. The van der Waals surface area contributed by atoms with Crippen LogP contribution in [0.4, 0.5) is 5.69 Å². The number of carbonyl (C=O) groups is 2. The van der Waals surface area contributed by atoms with Gasteiger partial charge in [0.2, 0.25) is 11.8 Å². The van der Waals surface area contributed by atoms with E-state index in [4.69, 9.17) is 11.6 Å². The van der Waals surface area contributed by atoms with E-state index in [9.17, 15) is 14.9 Å². The molecule has 0 radical (unpaired) electrons. The zero-order chi connectivity index (χ0) is 21.7. The summed E-state index contributed by atoms with van der Waals surface area (Å²) in [7, 11) is 0. The molecule has 2 aromatic rings. The van der Waals surface area contributed by atoms with Crippen LogP contribution in [0.2, 0.25) is 5.02 Å². The van der Waals surface area contributed by atoms with Crippen molar-refractivity contribution in [2.24, 2.45) is 0 Å². The van der Waals surface area contributed by atoms with Crippen molar-refractivity contribution < 1.29 is 9.59 Å². The fourth-order valence-corrected chi connectivity index (χ4v) is 4.58. The Labute approximate surface area is 189 Å². The van der Waals surface area contributed by atoms with Gasteiger partial charge in [-0.1, -0.05) is 41.6 Å². The molecule has 2 N–H and O–H groups in total. The third-order valence-corrected chi connectivity index (χ3v) is 6.93. The second-order valence-corrected chi connectivity index (χ2v) is 8.95. The number of amides is 2. The second-order valence-electron chi connectivity index (χ2n) is 6.68. The molecule has 0 bridgehead atoms. The highest BCUT2D eigenvalue weighted by molar-refractivity contribution is 8.03. The Hall–Kier alpha value is -2.40. The zero-order valence-corrected chi connectivity index (χ0v) is 18.9. The van der Waals surface area contributed by atoms with E-state index in [1.165, 1.54) is 0 Å². The maximum absolute atomic E-state index is 12.4. The smallest absolute Gasteiger partial charge is 0.234 e. The van der Waals surface area contributed by atoms with Gasteiger partial charge in [0.05, 0.1) is 22.4 Å². The van der Waals surface area contributed by atoms with Crippen LogP contribution < -0.4 is 10.6 Å². The molecule has 3 rings (SSSR count). The van der Waals surface area contributed by atoms with Gasteiger partial charge >= 0.3 is 0 Å². The van der Waals surface area contributed by atoms with E-state index in [0.717, 1.165) is 27.8 Å². The van der Waals surface area contributed by atoms with Gasteiger partial charge in [0.25, 0.3) is 0 Å². The monoisotopic (exact) mass is 457 g/mol. The zero-order valence-electron chi connectivity index (χ0n) is 16.5. The predicted molar refractivity (Wildman–Crippen MR) is 124 cm³/mol. The average Bonchev–Trinajstić information content (AvgIpc) is 2.75. The van der Waals surface area contributed by atoms with Crippen molar-refractivity contribution >= 4 is 52.6 Å². The molecule has 0 unspecified atom stereocenters. The van der Waals surface area contributed by atoms with Crippen LogP contribution in [0.5, 0.6) is 0 Å². The average molecular weight is 458 g/mol. The number of nitrogens with one attached hydrogen (secondary N) is 2. The first-order valence-electron chi connectivity index (χ1n) is 9.18. The summed E-state index contributed by atoms with van der Waals surface area (Å²) < 4.78 is 0. The number of thioether (sulfide) groups is 2. The second kappa shape index (κ2) is 10.1. The van der Waals surface area contributed by atoms with E-state index >= 15 is 0 Å². The molecule has 0 spiro atoms. The SMILES string of the molecule is CSc1ccc([C@H]2CC(=O)NC(SCC(=O)Nc3cccc(Cl)c3C)=C2C#N)cc1. The van der Waals surface area contributed by atoms with Crippen LogP contribution in [-0.4, -0.2) is 23.8 Å². The normalized spacial score (nSPS) is 16.1. The Morgan fingerprint density at radius 1 is 1.30 bits per heavy atom. The highest BCUT2D eigenvalue weighted by Gasteiger charge is 2.29. The Morgan fingerprint density at radius 2 is 2.03 bits per heavy atom. The number of hydrogen-bond donors (Lipinski definition) is 2. The summed E-state index contributed by atoms with van der Waals surface area (Å²) in [4.78, 5) is 25.8. The van der Waals surface area contributed by atoms with Crippen molar-refractivity contribution in [2.75, 3.05) is 17.3 Å². The van der Waals surface area contributed by atoms with Crippen LogP contribution in [0, 0.1) is 18.3 Å². The summed E-state index contributed by atoms with van der Waals surface area (Å²) in [5, 5.41) is 16.3. The van der Waals surface area contributed by atoms with Crippen molar-refractivity contribution in [3.8, 4) is 6.07 Å². The summed E-state index contributed by atoms with van der Waals surface area (Å²) >= 11 is 8.88. The van der Waals surface area contributed by atoms with Crippen molar-refractivity contribution in [2.45, 2.75) is 24.2 Å². The van der Waals surface area contributed by atoms with Gasteiger partial charge in [0.15, 0.2) is 0 Å². The van der Waals surface area contributed by atoms with E-state index in [-0.39, 0.29) is 29.9 Å². The van der Waals surface area contributed by atoms with Gasteiger partial charge < -0.3 is 10.6 Å². The molecule has 0 fully saturated rings. The number of halogens is 1. The molecule has 1 aliphatic heterocycles. The number of rotatable bonds is 6. The molecule has 5 nitrogen and oxygen atoms in total. The molecule has 154 valence electrons. The molecular formula is C22H20ClN3O2S2. The first kappa shape index (κ1) is 22.3. The minimum atomic E-state index is -0.319. The number of benzene rings is 2. The fraction of sp³-hybridized carbons (Fsp3) is 0.227. The van der Waals surface area contributed by atoms with Crippen molar-refractivity contribution in [3.05, 3.63) is 69.2 Å². The quantitative estimate of drug-likeness (QED) is 0.591. The standard InChI is InChI=1S/C22H20ClN3O2S2/c1-13-18(23)4-3-5-19(13)25-21(28)12-30-22-17(11-24)16(10-20(27)26-22)14-6-8-15(29-2)9-7-14/h3-9,16H,10,12H2,1-2H3,(H,25,28)(H,26,27)/t16-/m1/s1. The highest BCUT2D eigenvalue weighted by Crippen LogP contribution is 2.36. The van der Waals surface area contributed by atoms with Crippen molar-refractivity contribution in [3.63, 3.8) is 0 Å². The highest BCUT2D eigenvalue weighted by atomic mass is 35.5. The number of hydrogen-bond acceptors (Lipinski definition) is 5. The Kier molecular flexibility index (Phi) is 7.48. The molecule has 0 aromatic heterocycles. The van der Waals surface area contributed by atoms with E-state index in [1.807, 2.05) is 37.4 Å². The van der Waals surface area contributed by atoms with Gasteiger partial charge in [-0.05, 0) is 48.6 Å². The molecule has 2 amide bonds. The number of nitrogens with zero attached hydrogens (tertiary/aromatic N) is 1. The number of allylic oxidation sites excluding steroid dienone is 1. The Balaban J connectivity index is 1.76. The number of anilines is 1. The summed E-state index contributed by atoms with van der Waals surface area (Å²) in [6.45, 7) is 1.83. The molecule has 1 atom stereocenters. The van der Waals surface area contributed by atoms with Crippen LogP contribution in [0.25, 0.3) is 0 Å². The molecule has 2 aromatic carbocycles. The van der Waals surface area contributed by atoms with Crippen LogP contribution in [0.15, 0.2) is 58.0 Å². The van der Waals surface area contributed by atoms with Crippen LogP contribution >= 0.6 is 35.1 Å². The molecule has 1 heterocycles. The van der Waals surface area contributed by atoms with Gasteiger partial charge in [-0.15, -0.1) is 11.8 Å². The molecule has 0 saturated heterocycles. The van der Waals surface area contributed by atoms with Gasteiger partial charge in [0.1, 0.15) is 0 Å². The number of carbonyl (C=O) groups excluding carboxylic acids is 2. The van der Waals surface area contributed by atoms with Crippen LogP contribution in [0.3, 0.4) is 0 Å². The summed E-state index contributed by atoms with van der Waals surface area (Å²) in [6.07, 6.45) is 2.20. The Morgan fingerprint density at radius 3 is 2.70 bits per heavy atom.